The van der Waals surface area contributed by atoms with Crippen molar-refractivity contribution in [3.8, 4) is 0 Å². The molecule has 2 rings (SSSR count). The van der Waals surface area contributed by atoms with Crippen molar-refractivity contribution < 1.29 is 4.79 Å². The Hall–Kier alpha value is -2.23. The zero-order valence-corrected chi connectivity index (χ0v) is 8.63. The smallest absolute Gasteiger partial charge is 0.189 e. The average molecular weight is 213 g/mol. The van der Waals surface area contributed by atoms with Gasteiger partial charge in [-0.15, -0.1) is 0 Å². The molecule has 0 amide bonds. The molecule has 0 fully saturated rings. The van der Waals surface area contributed by atoms with Crippen molar-refractivity contribution in [1.29, 1.82) is 0 Å². The molecule has 0 aliphatic heterocycles. The summed E-state index contributed by atoms with van der Waals surface area (Å²) in [6.07, 6.45) is 3.23. The normalized spacial score (nSPS) is 10.0. The molecule has 1 heterocycles. The monoisotopic (exact) mass is 213 g/mol. The maximum Gasteiger partial charge on any atom is 0.189 e. The molecule has 0 saturated carbocycles. The van der Waals surface area contributed by atoms with E-state index in [1.165, 1.54) is 12.4 Å². The number of anilines is 1. The third-order valence-electron chi connectivity index (χ3n) is 2.20. The number of Topliss-reactive ketones (excluding diaryl/α,β-unsaturated/α-hetero) is 1. The summed E-state index contributed by atoms with van der Waals surface area (Å²) in [6, 6.07) is 9.48. The molecule has 1 aromatic carbocycles. The molecule has 16 heavy (non-hydrogen) atoms. The first-order valence-corrected chi connectivity index (χ1v) is 4.91. The largest absolute Gasteiger partial charge is 0.382 e. The lowest BCUT2D eigenvalue weighted by Gasteiger charge is -2.02. The summed E-state index contributed by atoms with van der Waals surface area (Å²) in [5.74, 6) is 0.0697. The highest BCUT2D eigenvalue weighted by Crippen LogP contribution is 2.09. The Morgan fingerprint density at radius 3 is 2.50 bits per heavy atom. The van der Waals surface area contributed by atoms with E-state index in [1.54, 1.807) is 0 Å². The van der Waals surface area contributed by atoms with E-state index in [0.717, 1.165) is 5.56 Å². The molecule has 0 bridgehead atoms. The highest BCUT2D eigenvalue weighted by Gasteiger charge is 2.12. The minimum absolute atomic E-state index is 0.114. The molecule has 0 radical (unpaired) electrons. The van der Waals surface area contributed by atoms with Crippen LogP contribution in [-0.4, -0.2) is 15.8 Å². The highest BCUT2D eigenvalue weighted by atomic mass is 16.1. The fourth-order valence-corrected chi connectivity index (χ4v) is 1.43. The third kappa shape index (κ3) is 2.23. The summed E-state index contributed by atoms with van der Waals surface area (Å²) in [7, 11) is 0. The molecule has 4 heteroatoms. The maximum absolute atomic E-state index is 11.9. The second-order valence-electron chi connectivity index (χ2n) is 3.38. The van der Waals surface area contributed by atoms with Crippen molar-refractivity contribution in [3.05, 3.63) is 54.0 Å². The third-order valence-corrected chi connectivity index (χ3v) is 2.20. The lowest BCUT2D eigenvalue weighted by molar-refractivity contribution is 0.0989. The van der Waals surface area contributed by atoms with Crippen LogP contribution in [0.25, 0.3) is 0 Å². The molecule has 0 aliphatic carbocycles. The van der Waals surface area contributed by atoms with Gasteiger partial charge in [0.15, 0.2) is 11.6 Å². The number of nitrogens with two attached hydrogens (primary N) is 1. The van der Waals surface area contributed by atoms with Crippen LogP contribution in [0, 0.1) is 0 Å². The van der Waals surface area contributed by atoms with E-state index < -0.39 is 0 Å². The standard InChI is InChI=1S/C12H11N3O/c13-12-11(14-6-7-15-12)10(16)8-9-4-2-1-3-5-9/h1-7H,8H2,(H2,13,15). The number of hydrogen-bond donors (Lipinski definition) is 1. The van der Waals surface area contributed by atoms with E-state index in [-0.39, 0.29) is 17.3 Å². The van der Waals surface area contributed by atoms with Crippen LogP contribution in [0.15, 0.2) is 42.7 Å². The van der Waals surface area contributed by atoms with Gasteiger partial charge in [0.2, 0.25) is 0 Å². The first-order valence-electron chi connectivity index (χ1n) is 4.91. The molecule has 80 valence electrons. The van der Waals surface area contributed by atoms with Gasteiger partial charge in [0.1, 0.15) is 5.69 Å². The molecular formula is C12H11N3O. The van der Waals surface area contributed by atoms with Gasteiger partial charge in [0, 0.05) is 18.8 Å². The predicted octanol–water partition coefficient (Wildman–Crippen LogP) is 1.48. The van der Waals surface area contributed by atoms with Crippen molar-refractivity contribution in [1.82, 2.24) is 9.97 Å². The Balaban J connectivity index is 2.19. The van der Waals surface area contributed by atoms with Gasteiger partial charge in [0.25, 0.3) is 0 Å². The predicted molar refractivity (Wildman–Crippen MR) is 60.9 cm³/mol. The molecule has 4 nitrogen and oxygen atoms in total. The lowest BCUT2D eigenvalue weighted by Crippen LogP contribution is -2.10. The van der Waals surface area contributed by atoms with E-state index in [2.05, 4.69) is 9.97 Å². The number of benzene rings is 1. The molecular weight excluding hydrogens is 202 g/mol. The van der Waals surface area contributed by atoms with Gasteiger partial charge in [-0.2, -0.15) is 0 Å². The van der Waals surface area contributed by atoms with Crippen LogP contribution in [0.5, 0.6) is 0 Å². The van der Waals surface area contributed by atoms with Crippen molar-refractivity contribution >= 4 is 11.6 Å². The minimum Gasteiger partial charge on any atom is -0.382 e. The Bertz CT molecular complexity index is 497. The minimum atomic E-state index is -0.114. The summed E-state index contributed by atoms with van der Waals surface area (Å²) < 4.78 is 0. The van der Waals surface area contributed by atoms with Crippen molar-refractivity contribution in [2.45, 2.75) is 6.42 Å². The van der Waals surface area contributed by atoms with Crippen LogP contribution in [-0.2, 0) is 6.42 Å². The molecule has 0 aliphatic rings. The second kappa shape index (κ2) is 4.53. The van der Waals surface area contributed by atoms with E-state index in [0.29, 0.717) is 6.42 Å². The van der Waals surface area contributed by atoms with Crippen molar-refractivity contribution in [3.63, 3.8) is 0 Å². The van der Waals surface area contributed by atoms with E-state index in [9.17, 15) is 4.79 Å². The molecule has 2 N–H and O–H groups in total. The number of hydrogen-bond acceptors (Lipinski definition) is 4. The van der Waals surface area contributed by atoms with Crippen LogP contribution in [0.2, 0.25) is 0 Å². The first-order chi connectivity index (χ1) is 7.77. The van der Waals surface area contributed by atoms with Crippen LogP contribution >= 0.6 is 0 Å². The van der Waals surface area contributed by atoms with Gasteiger partial charge in [-0.3, -0.25) is 4.79 Å². The molecule has 2 aromatic rings. The van der Waals surface area contributed by atoms with Gasteiger partial charge in [-0.05, 0) is 5.56 Å². The second-order valence-corrected chi connectivity index (χ2v) is 3.38. The van der Waals surface area contributed by atoms with Gasteiger partial charge >= 0.3 is 0 Å². The topological polar surface area (TPSA) is 68.9 Å². The van der Waals surface area contributed by atoms with Crippen LogP contribution in [0.1, 0.15) is 16.1 Å². The summed E-state index contributed by atoms with van der Waals surface area (Å²) in [5.41, 5.74) is 6.76. The number of ketones is 1. The maximum atomic E-state index is 11.9. The summed E-state index contributed by atoms with van der Waals surface area (Å²) in [4.78, 5) is 19.6. The number of nitrogens with zero attached hydrogens (tertiary/aromatic N) is 2. The Labute approximate surface area is 93.2 Å². The number of carbonyl (C=O) groups is 1. The van der Waals surface area contributed by atoms with Crippen molar-refractivity contribution in [2.24, 2.45) is 0 Å². The fraction of sp³-hybridized carbons (Fsp3) is 0.0833. The quantitative estimate of drug-likeness (QED) is 0.784. The van der Waals surface area contributed by atoms with E-state index >= 15 is 0 Å². The first kappa shape index (κ1) is 10.3. The summed E-state index contributed by atoms with van der Waals surface area (Å²) in [5, 5.41) is 0. The molecule has 0 atom stereocenters. The number of rotatable bonds is 3. The number of nitrogen functional groups attached to an aromatic ring is 1. The highest BCUT2D eigenvalue weighted by molar-refractivity contribution is 5.99. The summed E-state index contributed by atoms with van der Waals surface area (Å²) in [6.45, 7) is 0. The molecule has 1 aromatic heterocycles. The molecule has 0 spiro atoms. The number of carbonyl (C=O) groups excluding carboxylic acids is 1. The molecule has 0 saturated heterocycles. The van der Waals surface area contributed by atoms with Gasteiger partial charge < -0.3 is 5.73 Å². The Kier molecular flexibility index (Phi) is 2.91. The Morgan fingerprint density at radius 1 is 1.12 bits per heavy atom. The lowest BCUT2D eigenvalue weighted by atomic mass is 10.1. The number of aromatic nitrogens is 2. The van der Waals surface area contributed by atoms with Gasteiger partial charge in [0.05, 0.1) is 0 Å². The zero-order chi connectivity index (χ0) is 11.4. The van der Waals surface area contributed by atoms with Gasteiger partial charge in [-0.25, -0.2) is 9.97 Å². The van der Waals surface area contributed by atoms with Gasteiger partial charge in [-0.1, -0.05) is 30.3 Å². The van der Waals surface area contributed by atoms with Crippen LogP contribution < -0.4 is 5.73 Å². The van der Waals surface area contributed by atoms with Crippen LogP contribution in [0.4, 0.5) is 5.82 Å². The fourth-order valence-electron chi connectivity index (χ4n) is 1.43. The molecule has 0 unspecified atom stereocenters. The van der Waals surface area contributed by atoms with E-state index in [4.69, 9.17) is 5.73 Å². The Morgan fingerprint density at radius 2 is 1.81 bits per heavy atom. The zero-order valence-electron chi connectivity index (χ0n) is 8.63. The van der Waals surface area contributed by atoms with Crippen molar-refractivity contribution in [2.75, 3.05) is 5.73 Å². The summed E-state index contributed by atoms with van der Waals surface area (Å²) >= 11 is 0. The van der Waals surface area contributed by atoms with E-state index in [1.807, 2.05) is 30.3 Å². The van der Waals surface area contributed by atoms with Crippen LogP contribution in [0.3, 0.4) is 0 Å². The SMILES string of the molecule is Nc1nccnc1C(=O)Cc1ccccc1. The average Bonchev–Trinajstić information content (AvgIpc) is 2.31.